The lowest BCUT2D eigenvalue weighted by molar-refractivity contribution is -0.139. The molecule has 2 heteroatoms. The van der Waals surface area contributed by atoms with Crippen LogP contribution in [0.15, 0.2) is 42.0 Å². The smallest absolute Gasteiger partial charge is 0.334 e. The number of carbonyl (C=O) groups is 1. The van der Waals surface area contributed by atoms with Crippen LogP contribution < -0.4 is 0 Å². The van der Waals surface area contributed by atoms with Crippen LogP contribution in [-0.2, 0) is 16.0 Å². The zero-order valence-electron chi connectivity index (χ0n) is 8.77. The Morgan fingerprint density at radius 3 is 2.53 bits per heavy atom. The van der Waals surface area contributed by atoms with Crippen LogP contribution in [0.4, 0.5) is 0 Å². The quantitative estimate of drug-likeness (QED) is 0.704. The van der Waals surface area contributed by atoms with E-state index in [4.69, 9.17) is 4.74 Å². The molecule has 1 atom stereocenters. The molecule has 0 amide bonds. The van der Waals surface area contributed by atoms with Crippen molar-refractivity contribution < 1.29 is 9.53 Å². The normalized spacial score (nSPS) is 19.9. The van der Waals surface area contributed by atoms with Gasteiger partial charge in [0.25, 0.3) is 0 Å². The lowest BCUT2D eigenvalue weighted by Gasteiger charge is -2.00. The van der Waals surface area contributed by atoms with Gasteiger partial charge in [-0.1, -0.05) is 30.3 Å². The number of cyclic esters (lactones) is 1. The fourth-order valence-electron chi connectivity index (χ4n) is 1.74. The SMILES string of the molecule is CC1C=C(CCc2ccccc2)C(=O)O1. The molecule has 0 fully saturated rings. The van der Waals surface area contributed by atoms with Gasteiger partial charge in [-0.2, -0.15) is 0 Å². The molecule has 1 aliphatic heterocycles. The van der Waals surface area contributed by atoms with Crippen molar-refractivity contribution in [3.63, 3.8) is 0 Å². The summed E-state index contributed by atoms with van der Waals surface area (Å²) in [6.45, 7) is 1.88. The summed E-state index contributed by atoms with van der Waals surface area (Å²) in [6.07, 6.45) is 3.52. The molecule has 1 aliphatic rings. The highest BCUT2D eigenvalue weighted by atomic mass is 16.5. The minimum Gasteiger partial charge on any atom is -0.455 e. The zero-order valence-corrected chi connectivity index (χ0v) is 8.77. The standard InChI is InChI=1S/C13H14O2/c1-10-9-12(13(14)15-10)8-7-11-5-3-2-4-6-11/h2-6,9-10H,7-8H2,1H3. The molecule has 0 bridgehead atoms. The minimum atomic E-state index is -0.154. The summed E-state index contributed by atoms with van der Waals surface area (Å²) < 4.78 is 5.03. The van der Waals surface area contributed by atoms with Gasteiger partial charge >= 0.3 is 5.97 Å². The van der Waals surface area contributed by atoms with E-state index in [1.165, 1.54) is 5.56 Å². The van der Waals surface area contributed by atoms with E-state index < -0.39 is 0 Å². The van der Waals surface area contributed by atoms with Gasteiger partial charge in [0, 0.05) is 5.57 Å². The molecule has 15 heavy (non-hydrogen) atoms. The van der Waals surface area contributed by atoms with E-state index in [1.54, 1.807) is 0 Å². The van der Waals surface area contributed by atoms with E-state index in [0.717, 1.165) is 18.4 Å². The summed E-state index contributed by atoms with van der Waals surface area (Å²) in [6, 6.07) is 10.2. The molecule has 0 N–H and O–H groups in total. The van der Waals surface area contributed by atoms with Crippen molar-refractivity contribution in [3.8, 4) is 0 Å². The second kappa shape index (κ2) is 4.30. The van der Waals surface area contributed by atoms with Crippen molar-refractivity contribution >= 4 is 5.97 Å². The summed E-state index contributed by atoms with van der Waals surface area (Å²) in [4.78, 5) is 11.3. The average Bonchev–Trinajstić information content (AvgIpc) is 2.56. The third kappa shape index (κ3) is 2.46. The number of hydrogen-bond acceptors (Lipinski definition) is 2. The number of aryl methyl sites for hydroxylation is 1. The van der Waals surface area contributed by atoms with Crippen LogP contribution in [0.2, 0.25) is 0 Å². The van der Waals surface area contributed by atoms with Gasteiger partial charge < -0.3 is 4.74 Å². The van der Waals surface area contributed by atoms with Gasteiger partial charge in [-0.25, -0.2) is 4.79 Å². The van der Waals surface area contributed by atoms with Crippen molar-refractivity contribution in [1.29, 1.82) is 0 Å². The molecule has 0 saturated heterocycles. The molecular formula is C13H14O2. The lowest BCUT2D eigenvalue weighted by atomic mass is 10.0. The molecule has 0 aromatic heterocycles. The topological polar surface area (TPSA) is 26.3 Å². The Hall–Kier alpha value is -1.57. The predicted molar refractivity (Wildman–Crippen MR) is 58.4 cm³/mol. The average molecular weight is 202 g/mol. The highest BCUT2D eigenvalue weighted by molar-refractivity contribution is 5.90. The predicted octanol–water partition coefficient (Wildman–Crippen LogP) is 2.49. The molecule has 78 valence electrons. The van der Waals surface area contributed by atoms with E-state index >= 15 is 0 Å². The Morgan fingerprint density at radius 2 is 1.93 bits per heavy atom. The first-order valence-electron chi connectivity index (χ1n) is 5.21. The second-order valence-corrected chi connectivity index (χ2v) is 3.79. The van der Waals surface area contributed by atoms with Crippen LogP contribution in [0.1, 0.15) is 18.9 Å². The van der Waals surface area contributed by atoms with E-state index in [-0.39, 0.29) is 12.1 Å². The number of carbonyl (C=O) groups excluding carboxylic acids is 1. The number of ether oxygens (including phenoxy) is 1. The number of hydrogen-bond donors (Lipinski definition) is 0. The molecule has 0 radical (unpaired) electrons. The van der Waals surface area contributed by atoms with E-state index in [2.05, 4.69) is 12.1 Å². The van der Waals surface area contributed by atoms with Crippen molar-refractivity contribution in [2.75, 3.05) is 0 Å². The van der Waals surface area contributed by atoms with Gasteiger partial charge in [-0.15, -0.1) is 0 Å². The van der Waals surface area contributed by atoms with Crippen LogP contribution in [0.5, 0.6) is 0 Å². The van der Waals surface area contributed by atoms with Crippen LogP contribution in [-0.4, -0.2) is 12.1 Å². The largest absolute Gasteiger partial charge is 0.455 e. The van der Waals surface area contributed by atoms with Gasteiger partial charge in [0.2, 0.25) is 0 Å². The van der Waals surface area contributed by atoms with Crippen molar-refractivity contribution in [2.45, 2.75) is 25.9 Å². The number of esters is 1. The Labute approximate surface area is 89.6 Å². The summed E-state index contributed by atoms with van der Waals surface area (Å²) in [5.41, 5.74) is 2.07. The molecule has 1 heterocycles. The number of rotatable bonds is 3. The van der Waals surface area contributed by atoms with E-state index in [9.17, 15) is 4.79 Å². The first kappa shape index (κ1) is 9.97. The van der Waals surface area contributed by atoms with E-state index in [0.29, 0.717) is 0 Å². The Morgan fingerprint density at radius 1 is 1.20 bits per heavy atom. The Bertz CT molecular complexity index is 379. The molecule has 1 aromatic carbocycles. The monoisotopic (exact) mass is 202 g/mol. The molecule has 1 unspecified atom stereocenters. The molecule has 2 nitrogen and oxygen atoms in total. The maximum Gasteiger partial charge on any atom is 0.334 e. The maximum atomic E-state index is 11.3. The van der Waals surface area contributed by atoms with Crippen LogP contribution >= 0.6 is 0 Å². The molecular weight excluding hydrogens is 188 g/mol. The minimum absolute atomic E-state index is 0.0525. The Kier molecular flexibility index (Phi) is 2.86. The molecule has 0 spiro atoms. The molecule has 1 aromatic rings. The summed E-state index contributed by atoms with van der Waals surface area (Å²) in [5, 5.41) is 0. The van der Waals surface area contributed by atoms with Gasteiger partial charge in [0.05, 0.1) is 0 Å². The third-order valence-electron chi connectivity index (χ3n) is 2.52. The van der Waals surface area contributed by atoms with Crippen LogP contribution in [0.25, 0.3) is 0 Å². The van der Waals surface area contributed by atoms with Crippen LogP contribution in [0, 0.1) is 0 Å². The Balaban J connectivity index is 1.94. The molecule has 2 rings (SSSR count). The highest BCUT2D eigenvalue weighted by Gasteiger charge is 2.21. The fourth-order valence-corrected chi connectivity index (χ4v) is 1.74. The maximum absolute atomic E-state index is 11.3. The summed E-state index contributed by atoms with van der Waals surface area (Å²) in [7, 11) is 0. The zero-order chi connectivity index (χ0) is 10.7. The van der Waals surface area contributed by atoms with Crippen LogP contribution in [0.3, 0.4) is 0 Å². The number of benzene rings is 1. The summed E-state index contributed by atoms with van der Waals surface area (Å²) >= 11 is 0. The summed E-state index contributed by atoms with van der Waals surface area (Å²) in [5.74, 6) is -0.154. The van der Waals surface area contributed by atoms with Gasteiger partial charge in [-0.3, -0.25) is 0 Å². The molecule has 0 saturated carbocycles. The van der Waals surface area contributed by atoms with E-state index in [1.807, 2.05) is 31.2 Å². The second-order valence-electron chi connectivity index (χ2n) is 3.79. The third-order valence-corrected chi connectivity index (χ3v) is 2.52. The highest BCUT2D eigenvalue weighted by Crippen LogP contribution is 2.18. The van der Waals surface area contributed by atoms with Gasteiger partial charge in [0.15, 0.2) is 0 Å². The lowest BCUT2D eigenvalue weighted by Crippen LogP contribution is -2.04. The first-order chi connectivity index (χ1) is 7.25. The fraction of sp³-hybridized carbons (Fsp3) is 0.308. The van der Waals surface area contributed by atoms with Crippen molar-refractivity contribution in [3.05, 3.63) is 47.5 Å². The first-order valence-corrected chi connectivity index (χ1v) is 5.21. The van der Waals surface area contributed by atoms with Crippen molar-refractivity contribution in [2.24, 2.45) is 0 Å². The van der Waals surface area contributed by atoms with Gasteiger partial charge in [0.1, 0.15) is 6.10 Å². The van der Waals surface area contributed by atoms with Crippen molar-refractivity contribution in [1.82, 2.24) is 0 Å². The van der Waals surface area contributed by atoms with Gasteiger partial charge in [-0.05, 0) is 31.4 Å². The molecule has 0 aliphatic carbocycles.